The molecule has 0 radical (unpaired) electrons. The predicted molar refractivity (Wildman–Crippen MR) is 146 cm³/mol. The quantitative estimate of drug-likeness (QED) is 0.276. The predicted octanol–water partition coefficient (Wildman–Crippen LogP) is 5.51. The summed E-state index contributed by atoms with van der Waals surface area (Å²) in [5, 5.41) is 3.43. The van der Waals surface area contributed by atoms with Crippen molar-refractivity contribution >= 4 is 43.2 Å². The molecule has 9 heteroatoms. The first-order chi connectivity index (χ1) is 17.9. The second-order valence-electron chi connectivity index (χ2n) is 8.61. The zero-order valence-corrected chi connectivity index (χ0v) is 21.6. The van der Waals surface area contributed by atoms with Gasteiger partial charge in [-0.15, -0.1) is 11.3 Å². The number of nitrogens with one attached hydrogen (secondary N) is 2. The van der Waals surface area contributed by atoms with Gasteiger partial charge in [-0.2, -0.15) is 0 Å². The lowest BCUT2D eigenvalue weighted by Gasteiger charge is -2.18. The van der Waals surface area contributed by atoms with Crippen molar-refractivity contribution in [3.63, 3.8) is 0 Å². The number of amides is 1. The number of hydrogen-bond donors (Lipinski definition) is 2. The largest absolute Gasteiger partial charge is 0.322 e. The highest BCUT2D eigenvalue weighted by Crippen LogP contribution is 2.30. The highest BCUT2D eigenvalue weighted by atomic mass is 32.2. The zero-order chi connectivity index (χ0) is 25.8. The number of benzene rings is 3. The molecular formula is C28H24N4O3S2. The van der Waals surface area contributed by atoms with Crippen LogP contribution >= 0.6 is 11.3 Å². The van der Waals surface area contributed by atoms with E-state index in [2.05, 4.69) is 15.0 Å². The molecule has 0 bridgehead atoms. The molecule has 0 aliphatic carbocycles. The molecule has 5 aromatic rings. The van der Waals surface area contributed by atoms with E-state index in [0.29, 0.717) is 22.7 Å². The molecule has 37 heavy (non-hydrogen) atoms. The Balaban J connectivity index is 1.44. The molecule has 1 atom stereocenters. The minimum atomic E-state index is -3.95. The highest BCUT2D eigenvalue weighted by Gasteiger charge is 2.25. The van der Waals surface area contributed by atoms with E-state index in [1.807, 2.05) is 55.5 Å². The van der Waals surface area contributed by atoms with E-state index in [0.717, 1.165) is 21.3 Å². The number of nitrogens with zero attached hydrogens (tertiary/aromatic N) is 2. The molecule has 0 saturated heterocycles. The summed E-state index contributed by atoms with van der Waals surface area (Å²) in [6.45, 7) is 2.01. The van der Waals surface area contributed by atoms with Crippen LogP contribution in [0.3, 0.4) is 0 Å². The summed E-state index contributed by atoms with van der Waals surface area (Å²) in [6.07, 6.45) is 3.47. The minimum Gasteiger partial charge on any atom is -0.322 e. The normalized spacial score (nSPS) is 12.4. The molecule has 3 aromatic carbocycles. The van der Waals surface area contributed by atoms with Crippen LogP contribution in [0.2, 0.25) is 0 Å². The van der Waals surface area contributed by atoms with E-state index in [9.17, 15) is 13.2 Å². The van der Waals surface area contributed by atoms with Crippen LogP contribution < -0.4 is 10.0 Å². The van der Waals surface area contributed by atoms with E-state index in [4.69, 9.17) is 4.98 Å². The summed E-state index contributed by atoms with van der Waals surface area (Å²) in [5.74, 6) is -0.373. The molecule has 7 nitrogen and oxygen atoms in total. The van der Waals surface area contributed by atoms with Gasteiger partial charge in [-0.3, -0.25) is 9.78 Å². The summed E-state index contributed by atoms with van der Waals surface area (Å²) in [7, 11) is -3.95. The first kappa shape index (κ1) is 24.8. The van der Waals surface area contributed by atoms with E-state index in [1.54, 1.807) is 30.5 Å². The molecule has 2 N–H and O–H groups in total. The van der Waals surface area contributed by atoms with Gasteiger partial charge in [-0.1, -0.05) is 48.0 Å². The van der Waals surface area contributed by atoms with Crippen LogP contribution in [0, 0.1) is 6.92 Å². The Morgan fingerprint density at radius 2 is 1.81 bits per heavy atom. The molecule has 186 valence electrons. The number of aryl methyl sites for hydroxylation is 1. The number of fused-ring (bicyclic) bond motifs is 1. The fraction of sp³-hybridized carbons (Fsp3) is 0.107. The van der Waals surface area contributed by atoms with E-state index in [1.165, 1.54) is 29.7 Å². The Labute approximate surface area is 219 Å². The number of sulfonamides is 1. The van der Waals surface area contributed by atoms with Gasteiger partial charge in [-0.25, -0.2) is 18.1 Å². The molecule has 0 aliphatic rings. The SMILES string of the molecule is Cc1cccc(CC(NS(=O)(=O)c2cccc(NC(=O)c3cccnc3)c2)c2nc3ccccc3s2)c1. The van der Waals surface area contributed by atoms with Crippen LogP contribution in [-0.4, -0.2) is 24.3 Å². The third-order valence-corrected chi connectivity index (χ3v) is 8.37. The van der Waals surface area contributed by atoms with Crippen LogP contribution in [0.4, 0.5) is 5.69 Å². The third kappa shape index (κ3) is 5.91. The van der Waals surface area contributed by atoms with Crippen LogP contribution in [0.25, 0.3) is 10.2 Å². The zero-order valence-electron chi connectivity index (χ0n) is 20.0. The molecular weight excluding hydrogens is 504 g/mol. The first-order valence-corrected chi connectivity index (χ1v) is 13.9. The summed E-state index contributed by atoms with van der Waals surface area (Å²) in [5.41, 5.74) is 3.68. The Morgan fingerprint density at radius 1 is 0.973 bits per heavy atom. The molecule has 1 amide bonds. The number of pyridine rings is 1. The number of carbonyl (C=O) groups excluding carboxylic acids is 1. The number of hydrogen-bond acceptors (Lipinski definition) is 6. The standard InChI is InChI=1S/C28H24N4O3S2/c1-19-7-4-8-20(15-19)16-25(28-31-24-12-2-3-13-26(24)36-28)32-37(34,35)23-11-5-10-22(17-23)30-27(33)21-9-6-14-29-18-21/h2-15,17-18,25,32H,16H2,1H3,(H,30,33). The summed E-state index contributed by atoms with van der Waals surface area (Å²) in [4.78, 5) is 21.3. The Bertz CT molecular complexity index is 1630. The lowest BCUT2D eigenvalue weighted by Crippen LogP contribution is -2.30. The van der Waals surface area contributed by atoms with Crippen LogP contribution in [-0.2, 0) is 16.4 Å². The van der Waals surface area contributed by atoms with Gasteiger partial charge in [0.15, 0.2) is 0 Å². The van der Waals surface area contributed by atoms with Crippen molar-refractivity contribution in [2.75, 3.05) is 5.32 Å². The van der Waals surface area contributed by atoms with Crippen molar-refractivity contribution in [3.05, 3.63) is 119 Å². The molecule has 0 aliphatic heterocycles. The van der Waals surface area contributed by atoms with E-state index < -0.39 is 16.1 Å². The number of anilines is 1. The minimum absolute atomic E-state index is 0.0480. The average Bonchev–Trinajstić information content (AvgIpc) is 3.33. The van der Waals surface area contributed by atoms with Crippen LogP contribution in [0.15, 0.2) is 102 Å². The van der Waals surface area contributed by atoms with Crippen LogP contribution in [0.5, 0.6) is 0 Å². The summed E-state index contributed by atoms with van der Waals surface area (Å²) in [6, 6.07) is 24.7. The average molecular weight is 529 g/mol. The second-order valence-corrected chi connectivity index (χ2v) is 11.4. The van der Waals surface area contributed by atoms with E-state index >= 15 is 0 Å². The molecule has 2 heterocycles. The number of carbonyl (C=O) groups is 1. The Morgan fingerprint density at radius 3 is 2.59 bits per heavy atom. The van der Waals surface area contributed by atoms with Crippen molar-refractivity contribution in [2.24, 2.45) is 0 Å². The van der Waals surface area contributed by atoms with Gasteiger partial charge in [0.05, 0.1) is 26.7 Å². The molecule has 5 rings (SSSR count). The summed E-state index contributed by atoms with van der Waals surface area (Å²) >= 11 is 1.47. The molecule has 1 unspecified atom stereocenters. The number of thiazole rings is 1. The fourth-order valence-electron chi connectivity index (χ4n) is 3.99. The Hall–Kier alpha value is -3.92. The van der Waals surface area contributed by atoms with Crippen molar-refractivity contribution in [1.82, 2.24) is 14.7 Å². The second kappa shape index (κ2) is 10.6. The molecule has 0 spiro atoms. The topological polar surface area (TPSA) is 101 Å². The van der Waals surface area contributed by atoms with Gasteiger partial charge < -0.3 is 5.32 Å². The fourth-order valence-corrected chi connectivity index (χ4v) is 6.33. The number of rotatable bonds is 8. The van der Waals surface area contributed by atoms with Crippen molar-refractivity contribution in [1.29, 1.82) is 0 Å². The molecule has 0 fully saturated rings. The number of aromatic nitrogens is 2. The first-order valence-electron chi connectivity index (χ1n) is 11.6. The molecule has 2 aromatic heterocycles. The Kier molecular flexibility index (Phi) is 7.09. The lowest BCUT2D eigenvalue weighted by atomic mass is 10.0. The number of para-hydroxylation sites is 1. The maximum atomic E-state index is 13.5. The monoisotopic (exact) mass is 528 g/mol. The van der Waals surface area contributed by atoms with Gasteiger partial charge in [0, 0.05) is 18.1 Å². The van der Waals surface area contributed by atoms with Crippen molar-refractivity contribution in [2.45, 2.75) is 24.3 Å². The van der Waals surface area contributed by atoms with Gasteiger partial charge in [0.25, 0.3) is 5.91 Å². The van der Waals surface area contributed by atoms with Crippen LogP contribution in [0.1, 0.15) is 32.5 Å². The maximum Gasteiger partial charge on any atom is 0.257 e. The van der Waals surface area contributed by atoms with Gasteiger partial charge in [0.1, 0.15) is 5.01 Å². The van der Waals surface area contributed by atoms with Gasteiger partial charge in [-0.05, 0) is 61.4 Å². The van der Waals surface area contributed by atoms with Crippen molar-refractivity contribution < 1.29 is 13.2 Å². The summed E-state index contributed by atoms with van der Waals surface area (Å²) < 4.78 is 30.9. The van der Waals surface area contributed by atoms with Gasteiger partial charge >= 0.3 is 0 Å². The van der Waals surface area contributed by atoms with Gasteiger partial charge in [0.2, 0.25) is 10.0 Å². The van der Waals surface area contributed by atoms with Crippen molar-refractivity contribution in [3.8, 4) is 0 Å². The molecule has 0 saturated carbocycles. The highest BCUT2D eigenvalue weighted by molar-refractivity contribution is 7.89. The smallest absolute Gasteiger partial charge is 0.257 e. The lowest BCUT2D eigenvalue weighted by molar-refractivity contribution is 0.102. The van der Waals surface area contributed by atoms with E-state index in [-0.39, 0.29) is 10.8 Å². The third-order valence-electron chi connectivity index (χ3n) is 5.75. The maximum absolute atomic E-state index is 13.5.